The fourth-order valence-corrected chi connectivity index (χ4v) is 2.52. The monoisotopic (exact) mass is 238 g/mol. The van der Waals surface area contributed by atoms with Gasteiger partial charge in [0.25, 0.3) is 0 Å². The number of hydrogen-bond acceptors (Lipinski definition) is 3. The summed E-state index contributed by atoms with van der Waals surface area (Å²) < 4.78 is 5.08. The molecule has 98 valence electrons. The van der Waals surface area contributed by atoms with Gasteiger partial charge in [0.05, 0.1) is 12.5 Å². The zero-order chi connectivity index (χ0) is 12.9. The summed E-state index contributed by atoms with van der Waals surface area (Å²) in [5.74, 6) is 6.29. The molecular formula is C14H26N2O. The third-order valence-corrected chi connectivity index (χ3v) is 2.95. The number of furan rings is 1. The highest BCUT2D eigenvalue weighted by molar-refractivity contribution is 5.07. The first-order valence-electron chi connectivity index (χ1n) is 6.38. The molecule has 0 radical (unpaired) electrons. The maximum absolute atomic E-state index is 5.62. The highest BCUT2D eigenvalue weighted by atomic mass is 16.3. The normalized spacial score (nSPS) is 15.8. The average Bonchev–Trinajstić information content (AvgIpc) is 2.66. The second-order valence-corrected chi connectivity index (χ2v) is 6.30. The second kappa shape index (κ2) is 6.22. The van der Waals surface area contributed by atoms with Gasteiger partial charge in [-0.25, -0.2) is 0 Å². The quantitative estimate of drug-likeness (QED) is 0.591. The van der Waals surface area contributed by atoms with Gasteiger partial charge in [0, 0.05) is 6.04 Å². The zero-order valence-corrected chi connectivity index (χ0v) is 11.5. The van der Waals surface area contributed by atoms with E-state index in [4.69, 9.17) is 10.3 Å². The van der Waals surface area contributed by atoms with E-state index in [0.717, 1.165) is 12.8 Å². The van der Waals surface area contributed by atoms with Crippen molar-refractivity contribution in [3.8, 4) is 0 Å². The van der Waals surface area contributed by atoms with Gasteiger partial charge in [0.2, 0.25) is 0 Å². The lowest BCUT2D eigenvalue weighted by Crippen LogP contribution is -2.38. The molecule has 0 amide bonds. The van der Waals surface area contributed by atoms with Crippen LogP contribution in [0.1, 0.15) is 46.1 Å². The second-order valence-electron chi connectivity index (χ2n) is 6.30. The summed E-state index contributed by atoms with van der Waals surface area (Å²) in [4.78, 5) is 0. The Morgan fingerprint density at radius 3 is 2.59 bits per heavy atom. The summed E-state index contributed by atoms with van der Waals surface area (Å²) in [5, 5.41) is 0. The molecule has 1 aromatic heterocycles. The van der Waals surface area contributed by atoms with Crippen molar-refractivity contribution < 1.29 is 4.42 Å². The Morgan fingerprint density at radius 2 is 2.12 bits per heavy atom. The van der Waals surface area contributed by atoms with Gasteiger partial charge in [-0.15, -0.1) is 0 Å². The standard InChI is InChI=1S/C14H26N2O/c1-11(9-14(2,3)4)7-13(16-15)8-12-5-6-17-10-12/h5-6,10-11,13,16H,7-9,15H2,1-4H3. The van der Waals surface area contributed by atoms with Gasteiger partial charge < -0.3 is 4.42 Å². The molecule has 2 atom stereocenters. The number of rotatable bonds is 6. The highest BCUT2D eigenvalue weighted by Gasteiger charge is 2.19. The van der Waals surface area contributed by atoms with Crippen LogP contribution in [0, 0.1) is 11.3 Å². The van der Waals surface area contributed by atoms with Crippen molar-refractivity contribution in [1.82, 2.24) is 5.43 Å². The minimum Gasteiger partial charge on any atom is -0.472 e. The van der Waals surface area contributed by atoms with Crippen molar-refractivity contribution in [3.05, 3.63) is 24.2 Å². The van der Waals surface area contributed by atoms with Crippen LogP contribution in [0.15, 0.2) is 23.0 Å². The Morgan fingerprint density at radius 1 is 1.41 bits per heavy atom. The van der Waals surface area contributed by atoms with Gasteiger partial charge in [-0.2, -0.15) is 0 Å². The lowest BCUT2D eigenvalue weighted by Gasteiger charge is -2.26. The van der Waals surface area contributed by atoms with Crippen LogP contribution in [0.4, 0.5) is 0 Å². The Balaban J connectivity index is 2.41. The van der Waals surface area contributed by atoms with Crippen molar-refractivity contribution in [2.75, 3.05) is 0 Å². The van der Waals surface area contributed by atoms with Gasteiger partial charge in [-0.1, -0.05) is 27.7 Å². The molecule has 3 N–H and O–H groups in total. The molecule has 0 fully saturated rings. The van der Waals surface area contributed by atoms with Crippen LogP contribution in [0.2, 0.25) is 0 Å². The molecule has 0 aliphatic carbocycles. The Kier molecular flexibility index (Phi) is 5.22. The zero-order valence-electron chi connectivity index (χ0n) is 11.5. The van der Waals surface area contributed by atoms with Crippen LogP contribution >= 0.6 is 0 Å². The van der Waals surface area contributed by atoms with Gasteiger partial charge in [0.1, 0.15) is 0 Å². The molecule has 1 rings (SSSR count). The number of hydrazine groups is 1. The van der Waals surface area contributed by atoms with Crippen molar-refractivity contribution in [2.24, 2.45) is 17.2 Å². The fourth-order valence-electron chi connectivity index (χ4n) is 2.52. The van der Waals surface area contributed by atoms with Crippen molar-refractivity contribution in [1.29, 1.82) is 0 Å². The van der Waals surface area contributed by atoms with Crippen LogP contribution < -0.4 is 11.3 Å². The molecule has 0 spiro atoms. The van der Waals surface area contributed by atoms with Crippen LogP contribution in [-0.2, 0) is 6.42 Å². The molecule has 0 saturated heterocycles. The molecule has 17 heavy (non-hydrogen) atoms. The molecule has 1 aromatic rings. The van der Waals surface area contributed by atoms with Crippen LogP contribution in [0.5, 0.6) is 0 Å². The van der Waals surface area contributed by atoms with Crippen LogP contribution in [0.3, 0.4) is 0 Å². The lowest BCUT2D eigenvalue weighted by atomic mass is 9.82. The van der Waals surface area contributed by atoms with Gasteiger partial charge in [-0.3, -0.25) is 11.3 Å². The fraction of sp³-hybridized carbons (Fsp3) is 0.714. The summed E-state index contributed by atoms with van der Waals surface area (Å²) in [6.07, 6.45) is 6.75. The Bertz CT molecular complexity index is 301. The van der Waals surface area contributed by atoms with E-state index >= 15 is 0 Å². The van der Waals surface area contributed by atoms with E-state index in [0.29, 0.717) is 17.4 Å². The number of hydrogen-bond donors (Lipinski definition) is 2. The molecule has 3 heteroatoms. The summed E-state index contributed by atoms with van der Waals surface area (Å²) in [6, 6.07) is 2.32. The van der Waals surface area contributed by atoms with Crippen molar-refractivity contribution in [3.63, 3.8) is 0 Å². The average molecular weight is 238 g/mol. The van der Waals surface area contributed by atoms with E-state index in [1.54, 1.807) is 12.5 Å². The predicted octanol–water partition coefficient (Wildman–Crippen LogP) is 3.12. The first-order valence-corrected chi connectivity index (χ1v) is 6.38. The highest BCUT2D eigenvalue weighted by Crippen LogP contribution is 2.27. The molecule has 0 aromatic carbocycles. The van der Waals surface area contributed by atoms with Crippen LogP contribution in [-0.4, -0.2) is 6.04 Å². The SMILES string of the molecule is CC(CC(Cc1ccoc1)NN)CC(C)(C)C. The molecular weight excluding hydrogens is 212 g/mol. The third kappa shape index (κ3) is 5.89. The Hall–Kier alpha value is -0.800. The largest absolute Gasteiger partial charge is 0.472 e. The maximum atomic E-state index is 5.62. The smallest absolute Gasteiger partial charge is 0.0935 e. The molecule has 0 saturated carbocycles. The van der Waals surface area contributed by atoms with E-state index in [9.17, 15) is 0 Å². The first kappa shape index (κ1) is 14.3. The van der Waals surface area contributed by atoms with Crippen molar-refractivity contribution >= 4 is 0 Å². The van der Waals surface area contributed by atoms with Gasteiger partial charge >= 0.3 is 0 Å². The van der Waals surface area contributed by atoms with Gasteiger partial charge in [0.15, 0.2) is 0 Å². The molecule has 1 heterocycles. The molecule has 0 aliphatic rings. The van der Waals surface area contributed by atoms with E-state index in [1.807, 2.05) is 6.07 Å². The predicted molar refractivity (Wildman–Crippen MR) is 71.4 cm³/mol. The van der Waals surface area contributed by atoms with Crippen molar-refractivity contribution in [2.45, 2.75) is 53.0 Å². The third-order valence-electron chi connectivity index (χ3n) is 2.95. The number of nitrogens with two attached hydrogens (primary N) is 1. The summed E-state index contributed by atoms with van der Waals surface area (Å²) in [6.45, 7) is 9.14. The van der Waals surface area contributed by atoms with Crippen LogP contribution in [0.25, 0.3) is 0 Å². The van der Waals surface area contributed by atoms with E-state index in [2.05, 4.69) is 33.1 Å². The Labute approximate surface area is 105 Å². The summed E-state index contributed by atoms with van der Waals surface area (Å²) in [5.41, 5.74) is 4.50. The lowest BCUT2D eigenvalue weighted by molar-refractivity contribution is 0.274. The first-order chi connectivity index (χ1) is 7.90. The molecule has 2 unspecified atom stereocenters. The minimum absolute atomic E-state index is 0.324. The van der Waals surface area contributed by atoms with E-state index < -0.39 is 0 Å². The number of nitrogens with one attached hydrogen (secondary N) is 1. The molecule has 0 bridgehead atoms. The maximum Gasteiger partial charge on any atom is 0.0935 e. The molecule has 3 nitrogen and oxygen atoms in total. The minimum atomic E-state index is 0.324. The van der Waals surface area contributed by atoms with E-state index in [1.165, 1.54) is 12.0 Å². The molecule has 0 aliphatic heterocycles. The van der Waals surface area contributed by atoms with Gasteiger partial charge in [-0.05, 0) is 42.2 Å². The topological polar surface area (TPSA) is 51.2 Å². The summed E-state index contributed by atoms with van der Waals surface area (Å²) in [7, 11) is 0. The van der Waals surface area contributed by atoms with E-state index in [-0.39, 0.29) is 0 Å². The summed E-state index contributed by atoms with van der Waals surface area (Å²) >= 11 is 0.